The average Bonchev–Trinajstić information content (AvgIpc) is 2.43. The van der Waals surface area contributed by atoms with E-state index in [4.69, 9.17) is 14.2 Å². The maximum absolute atomic E-state index is 11.2. The van der Waals surface area contributed by atoms with Crippen molar-refractivity contribution in [2.45, 2.75) is 31.3 Å². The first-order chi connectivity index (χ1) is 5.68. The molecule has 0 aromatic carbocycles. The topological polar surface area (TPSA) is 44.8 Å². The summed E-state index contributed by atoms with van der Waals surface area (Å²) < 4.78 is 16.1. The Hall–Kier alpha value is -0.610. The molecule has 66 valence electrons. The smallest absolute Gasteiger partial charge is 0.312 e. The van der Waals surface area contributed by atoms with Gasteiger partial charge in [0.2, 0.25) is 0 Å². The molecule has 2 bridgehead atoms. The van der Waals surface area contributed by atoms with Crippen LogP contribution in [0.4, 0.5) is 0 Å². The molecular formula is C8H10O4. The van der Waals surface area contributed by atoms with Crippen molar-refractivity contribution >= 4 is 5.97 Å². The van der Waals surface area contributed by atoms with Crippen LogP contribution in [0.3, 0.4) is 0 Å². The van der Waals surface area contributed by atoms with Crippen LogP contribution in [-0.4, -0.2) is 30.6 Å². The lowest BCUT2D eigenvalue weighted by atomic mass is 10.00. The number of carbonyl (C=O) groups is 1. The van der Waals surface area contributed by atoms with E-state index in [2.05, 4.69) is 0 Å². The molecule has 0 saturated carbocycles. The summed E-state index contributed by atoms with van der Waals surface area (Å²) in [5.41, 5.74) is 0. The second kappa shape index (κ2) is 1.83. The molecule has 0 aromatic heterocycles. The molecule has 3 heterocycles. The van der Waals surface area contributed by atoms with Gasteiger partial charge in [-0.05, 0) is 6.92 Å². The quantitative estimate of drug-likeness (QED) is 0.482. The van der Waals surface area contributed by atoms with E-state index in [1.807, 2.05) is 6.92 Å². The Bertz CT molecular complexity index is 251. The van der Waals surface area contributed by atoms with E-state index in [0.717, 1.165) is 0 Å². The van der Waals surface area contributed by atoms with E-state index in [1.165, 1.54) is 0 Å². The lowest BCUT2D eigenvalue weighted by molar-refractivity contribution is -0.275. The maximum atomic E-state index is 11.2. The van der Waals surface area contributed by atoms with Crippen molar-refractivity contribution in [1.29, 1.82) is 0 Å². The Labute approximate surface area is 69.8 Å². The SMILES string of the molecule is C[C@]12C[C@@H]3C(=O)O[C@H](CO1)[C@@H]3O2. The molecule has 0 unspecified atom stereocenters. The Kier molecular flexibility index (Phi) is 1.04. The van der Waals surface area contributed by atoms with Gasteiger partial charge in [0.05, 0.1) is 12.5 Å². The summed E-state index contributed by atoms with van der Waals surface area (Å²) in [6.45, 7) is 2.37. The van der Waals surface area contributed by atoms with Crippen molar-refractivity contribution in [3.05, 3.63) is 0 Å². The summed E-state index contributed by atoms with van der Waals surface area (Å²) >= 11 is 0. The first kappa shape index (κ1) is 6.86. The normalized spacial score (nSPS) is 55.8. The van der Waals surface area contributed by atoms with Crippen LogP contribution >= 0.6 is 0 Å². The summed E-state index contributed by atoms with van der Waals surface area (Å²) in [7, 11) is 0. The first-order valence-electron chi connectivity index (χ1n) is 4.20. The number of fused-ring (bicyclic) bond motifs is 1. The third kappa shape index (κ3) is 0.671. The molecule has 0 amide bonds. The molecule has 3 rings (SSSR count). The summed E-state index contributed by atoms with van der Waals surface area (Å²) in [5, 5.41) is 0. The number of hydrogen-bond acceptors (Lipinski definition) is 4. The summed E-state index contributed by atoms with van der Waals surface area (Å²) in [6.07, 6.45) is 0.446. The average molecular weight is 170 g/mol. The molecular weight excluding hydrogens is 160 g/mol. The Morgan fingerprint density at radius 2 is 2.42 bits per heavy atom. The van der Waals surface area contributed by atoms with Crippen molar-refractivity contribution in [2.24, 2.45) is 5.92 Å². The van der Waals surface area contributed by atoms with Gasteiger partial charge in [-0.1, -0.05) is 0 Å². The number of rotatable bonds is 0. The summed E-state index contributed by atoms with van der Waals surface area (Å²) in [6, 6.07) is 0. The zero-order valence-corrected chi connectivity index (χ0v) is 6.78. The molecule has 0 N–H and O–H groups in total. The highest BCUT2D eigenvalue weighted by Gasteiger charge is 2.60. The molecule has 4 atom stereocenters. The van der Waals surface area contributed by atoms with Crippen LogP contribution in [0.2, 0.25) is 0 Å². The number of esters is 1. The maximum Gasteiger partial charge on any atom is 0.312 e. The highest BCUT2D eigenvalue weighted by Crippen LogP contribution is 2.46. The third-order valence-electron chi connectivity index (χ3n) is 2.86. The van der Waals surface area contributed by atoms with Crippen molar-refractivity contribution in [3.63, 3.8) is 0 Å². The van der Waals surface area contributed by atoms with Gasteiger partial charge in [0, 0.05) is 6.42 Å². The molecule has 0 aromatic rings. The minimum absolute atomic E-state index is 0.0451. The van der Waals surface area contributed by atoms with Crippen molar-refractivity contribution < 1.29 is 19.0 Å². The van der Waals surface area contributed by atoms with Gasteiger partial charge in [-0.25, -0.2) is 0 Å². The van der Waals surface area contributed by atoms with Crippen LogP contribution < -0.4 is 0 Å². The van der Waals surface area contributed by atoms with Crippen LogP contribution in [0.1, 0.15) is 13.3 Å². The molecule has 12 heavy (non-hydrogen) atoms. The van der Waals surface area contributed by atoms with E-state index < -0.39 is 5.79 Å². The van der Waals surface area contributed by atoms with Gasteiger partial charge < -0.3 is 14.2 Å². The molecule has 3 saturated heterocycles. The van der Waals surface area contributed by atoms with E-state index in [-0.39, 0.29) is 24.1 Å². The summed E-state index contributed by atoms with van der Waals surface area (Å²) in [5.74, 6) is -0.717. The number of carbonyl (C=O) groups excluding carboxylic acids is 1. The molecule has 3 aliphatic heterocycles. The first-order valence-corrected chi connectivity index (χ1v) is 4.20. The van der Waals surface area contributed by atoms with Crippen molar-refractivity contribution in [1.82, 2.24) is 0 Å². The standard InChI is InChI=1S/C8H10O4/c1-8-2-4-6(12-8)5(3-10-8)11-7(4)9/h4-6H,2-3H2,1H3/t4-,5+,6+,8-/m0/s1. The largest absolute Gasteiger partial charge is 0.457 e. The van der Waals surface area contributed by atoms with Crippen molar-refractivity contribution in [3.8, 4) is 0 Å². The lowest BCUT2D eigenvalue weighted by Gasteiger charge is -2.33. The summed E-state index contributed by atoms with van der Waals surface area (Å²) in [4.78, 5) is 11.2. The molecule has 3 fully saturated rings. The van der Waals surface area contributed by atoms with Crippen LogP contribution in [0.25, 0.3) is 0 Å². The second-order valence-electron chi connectivity index (χ2n) is 3.81. The fourth-order valence-corrected chi connectivity index (χ4v) is 2.27. The van der Waals surface area contributed by atoms with Crippen LogP contribution in [0, 0.1) is 5.92 Å². The van der Waals surface area contributed by atoms with Gasteiger partial charge in [0.15, 0.2) is 11.9 Å². The van der Waals surface area contributed by atoms with E-state index >= 15 is 0 Å². The van der Waals surface area contributed by atoms with E-state index in [1.54, 1.807) is 0 Å². The van der Waals surface area contributed by atoms with Gasteiger partial charge in [0.1, 0.15) is 6.10 Å². The predicted molar refractivity (Wildman–Crippen MR) is 37.2 cm³/mol. The molecule has 0 aliphatic carbocycles. The third-order valence-corrected chi connectivity index (χ3v) is 2.86. The second-order valence-corrected chi connectivity index (χ2v) is 3.81. The Morgan fingerprint density at radius 1 is 1.58 bits per heavy atom. The van der Waals surface area contributed by atoms with Gasteiger partial charge >= 0.3 is 5.97 Å². The molecule has 3 aliphatic rings. The predicted octanol–water partition coefficient (Wildman–Crippen LogP) is 0.0633. The lowest BCUT2D eigenvalue weighted by Crippen LogP contribution is -2.43. The van der Waals surface area contributed by atoms with Crippen LogP contribution in [0.5, 0.6) is 0 Å². The van der Waals surface area contributed by atoms with Gasteiger partial charge in [-0.3, -0.25) is 4.79 Å². The molecule has 0 radical (unpaired) electrons. The highest BCUT2D eigenvalue weighted by atomic mass is 16.7. The van der Waals surface area contributed by atoms with E-state index in [9.17, 15) is 4.79 Å². The molecule has 0 spiro atoms. The van der Waals surface area contributed by atoms with Crippen LogP contribution in [-0.2, 0) is 19.0 Å². The number of hydrogen-bond donors (Lipinski definition) is 0. The fourth-order valence-electron chi connectivity index (χ4n) is 2.27. The number of ether oxygens (including phenoxy) is 3. The monoisotopic (exact) mass is 170 g/mol. The van der Waals surface area contributed by atoms with E-state index in [0.29, 0.717) is 13.0 Å². The van der Waals surface area contributed by atoms with Crippen molar-refractivity contribution in [2.75, 3.05) is 6.61 Å². The minimum Gasteiger partial charge on any atom is -0.457 e. The zero-order valence-electron chi connectivity index (χ0n) is 6.78. The Balaban J connectivity index is 2.00. The zero-order chi connectivity index (χ0) is 8.34. The minimum atomic E-state index is -0.523. The van der Waals surface area contributed by atoms with Gasteiger partial charge in [0.25, 0.3) is 0 Å². The molecule has 4 nitrogen and oxygen atoms in total. The van der Waals surface area contributed by atoms with Gasteiger partial charge in [-0.15, -0.1) is 0 Å². The Morgan fingerprint density at radius 3 is 3.25 bits per heavy atom. The molecule has 4 heteroatoms. The fraction of sp³-hybridized carbons (Fsp3) is 0.875. The highest BCUT2D eigenvalue weighted by molar-refractivity contribution is 5.76. The van der Waals surface area contributed by atoms with Gasteiger partial charge in [-0.2, -0.15) is 0 Å². The van der Waals surface area contributed by atoms with Crippen LogP contribution in [0.15, 0.2) is 0 Å².